The Balaban J connectivity index is 1.80. The van der Waals surface area contributed by atoms with Gasteiger partial charge in [0.25, 0.3) is 0 Å². The Morgan fingerprint density at radius 2 is 1.78 bits per heavy atom. The van der Waals surface area contributed by atoms with Crippen LogP contribution in [0, 0.1) is 0 Å². The van der Waals surface area contributed by atoms with Crippen LogP contribution in [0.4, 0.5) is 4.79 Å². The fourth-order valence-corrected chi connectivity index (χ4v) is 5.72. The minimum Gasteiger partial charge on any atom is -0.497 e. The maximum atomic E-state index is 13.4. The first-order chi connectivity index (χ1) is 17.4. The molecule has 0 spiro atoms. The van der Waals surface area contributed by atoms with Crippen molar-refractivity contribution in [3.8, 4) is 11.5 Å². The molecule has 1 aliphatic rings. The van der Waals surface area contributed by atoms with Crippen LogP contribution in [-0.4, -0.2) is 64.3 Å². The van der Waals surface area contributed by atoms with E-state index in [4.69, 9.17) is 18.9 Å². The average Bonchev–Trinajstić information content (AvgIpc) is 2.83. The summed E-state index contributed by atoms with van der Waals surface area (Å²) in [6, 6.07) is 9.21. The number of hydrogen-bond donors (Lipinski definition) is 1. The Bertz CT molecular complexity index is 1250. The predicted octanol–water partition coefficient (Wildman–Crippen LogP) is 3.06. The molecule has 37 heavy (non-hydrogen) atoms. The van der Waals surface area contributed by atoms with Crippen LogP contribution in [-0.2, 0) is 43.7 Å². The summed E-state index contributed by atoms with van der Waals surface area (Å²) in [7, 11) is 0.550. The van der Waals surface area contributed by atoms with Crippen molar-refractivity contribution in [2.75, 3.05) is 27.9 Å². The van der Waals surface area contributed by atoms with Gasteiger partial charge in [-0.25, -0.2) is 18.0 Å². The molecular formula is C26H34N2O8S. The van der Waals surface area contributed by atoms with Crippen LogP contribution in [0.1, 0.15) is 37.5 Å². The van der Waals surface area contributed by atoms with E-state index in [-0.39, 0.29) is 24.4 Å². The number of nitrogens with one attached hydrogen (secondary N) is 1. The third-order valence-corrected chi connectivity index (χ3v) is 7.78. The maximum Gasteiger partial charge on any atom is 0.408 e. The van der Waals surface area contributed by atoms with Gasteiger partial charge in [-0.1, -0.05) is 18.2 Å². The van der Waals surface area contributed by atoms with Gasteiger partial charge in [0, 0.05) is 31.1 Å². The summed E-state index contributed by atoms with van der Waals surface area (Å²) in [5, 5.41) is 2.54. The van der Waals surface area contributed by atoms with E-state index in [2.05, 4.69) is 5.32 Å². The van der Waals surface area contributed by atoms with Gasteiger partial charge in [-0.2, -0.15) is 4.31 Å². The lowest BCUT2D eigenvalue weighted by Crippen LogP contribution is -2.45. The quantitative estimate of drug-likeness (QED) is 0.513. The van der Waals surface area contributed by atoms with E-state index >= 15 is 0 Å². The molecule has 1 N–H and O–H groups in total. The second kappa shape index (κ2) is 11.4. The highest BCUT2D eigenvalue weighted by atomic mass is 32.2. The molecule has 3 rings (SSSR count). The Hall–Kier alpha value is -3.31. The summed E-state index contributed by atoms with van der Waals surface area (Å²) in [6.07, 6.45) is -0.136. The van der Waals surface area contributed by atoms with Crippen molar-refractivity contribution in [3.63, 3.8) is 0 Å². The van der Waals surface area contributed by atoms with Crippen LogP contribution in [0.2, 0.25) is 0 Å². The van der Waals surface area contributed by atoms with Crippen LogP contribution in [0.15, 0.2) is 41.3 Å². The SMILES string of the molecule is COC(=O)C(Cc1ccc2c(c1)CCN(Cc1ccc(OC)cc1OC)S2(=O)=O)NC(=O)OC(C)(C)C. The highest BCUT2D eigenvalue weighted by Gasteiger charge is 2.33. The van der Waals surface area contributed by atoms with E-state index in [1.165, 1.54) is 18.5 Å². The lowest BCUT2D eigenvalue weighted by atomic mass is 10.0. The van der Waals surface area contributed by atoms with Crippen molar-refractivity contribution >= 4 is 22.1 Å². The van der Waals surface area contributed by atoms with Gasteiger partial charge in [-0.3, -0.25) is 0 Å². The summed E-state index contributed by atoms with van der Waals surface area (Å²) in [5.74, 6) is 0.532. The molecule has 0 aromatic heterocycles. The molecule has 0 aliphatic carbocycles. The standard InChI is InChI=1S/C26H34N2O8S/c1-26(2,3)36-25(30)27-21(24(29)35-6)14-17-7-10-23-18(13-17)11-12-28(37(23,31)32)16-19-8-9-20(33-4)15-22(19)34-5/h7-10,13,15,21H,11-12,14,16H2,1-6H3,(H,27,30). The fraction of sp³-hybridized carbons (Fsp3) is 0.462. The predicted molar refractivity (Wildman–Crippen MR) is 136 cm³/mol. The average molecular weight is 535 g/mol. The number of hydrogen-bond acceptors (Lipinski definition) is 8. The van der Waals surface area contributed by atoms with Crippen LogP contribution in [0.3, 0.4) is 0 Å². The zero-order chi connectivity index (χ0) is 27.4. The number of benzene rings is 2. The largest absolute Gasteiger partial charge is 0.497 e. The highest BCUT2D eigenvalue weighted by Crippen LogP contribution is 2.32. The lowest BCUT2D eigenvalue weighted by molar-refractivity contribution is -0.143. The minimum absolute atomic E-state index is 0.117. The lowest BCUT2D eigenvalue weighted by Gasteiger charge is -2.29. The number of sulfonamides is 1. The minimum atomic E-state index is -3.76. The summed E-state index contributed by atoms with van der Waals surface area (Å²) < 4.78 is 49.0. The summed E-state index contributed by atoms with van der Waals surface area (Å²) >= 11 is 0. The van der Waals surface area contributed by atoms with Crippen molar-refractivity contribution in [2.24, 2.45) is 0 Å². The van der Waals surface area contributed by atoms with Gasteiger partial charge >= 0.3 is 12.1 Å². The number of carbonyl (C=O) groups excluding carboxylic acids is 2. The molecule has 1 atom stereocenters. The van der Waals surface area contributed by atoms with Crippen molar-refractivity contribution < 1.29 is 37.0 Å². The molecule has 10 nitrogen and oxygen atoms in total. The molecule has 0 bridgehead atoms. The third-order valence-electron chi connectivity index (χ3n) is 5.83. The number of ether oxygens (including phenoxy) is 4. The molecule has 0 fully saturated rings. The van der Waals surface area contributed by atoms with Crippen molar-refractivity contribution in [2.45, 2.75) is 56.7 Å². The van der Waals surface area contributed by atoms with Gasteiger partial charge in [0.15, 0.2) is 0 Å². The number of esters is 1. The number of fused-ring (bicyclic) bond motifs is 1. The van der Waals surface area contributed by atoms with Crippen LogP contribution in [0.25, 0.3) is 0 Å². The first-order valence-corrected chi connectivity index (χ1v) is 13.2. The van der Waals surface area contributed by atoms with E-state index < -0.39 is 33.7 Å². The highest BCUT2D eigenvalue weighted by molar-refractivity contribution is 7.89. The van der Waals surface area contributed by atoms with E-state index in [0.717, 1.165) is 5.56 Å². The smallest absolute Gasteiger partial charge is 0.408 e. The first-order valence-electron chi connectivity index (χ1n) is 11.8. The normalized spacial score (nSPS) is 15.7. The zero-order valence-electron chi connectivity index (χ0n) is 22.0. The molecule has 1 unspecified atom stereocenters. The van der Waals surface area contributed by atoms with E-state index in [9.17, 15) is 18.0 Å². The Labute approximate surface area is 217 Å². The van der Waals surface area contributed by atoms with Gasteiger partial charge in [0.05, 0.1) is 26.2 Å². The number of rotatable bonds is 8. The third kappa shape index (κ3) is 6.92. The monoisotopic (exact) mass is 534 g/mol. The molecule has 2 aromatic carbocycles. The molecule has 11 heteroatoms. The molecular weight excluding hydrogens is 500 g/mol. The van der Waals surface area contributed by atoms with Crippen molar-refractivity contribution in [1.29, 1.82) is 0 Å². The molecule has 2 aromatic rings. The summed E-state index contributed by atoms with van der Waals surface area (Å²) in [4.78, 5) is 24.7. The Kier molecular flexibility index (Phi) is 8.70. The van der Waals surface area contributed by atoms with Crippen molar-refractivity contribution in [1.82, 2.24) is 9.62 Å². The second-order valence-electron chi connectivity index (χ2n) is 9.63. The molecule has 202 valence electrons. The Morgan fingerprint density at radius 1 is 1.05 bits per heavy atom. The van der Waals surface area contributed by atoms with Gasteiger partial charge in [-0.15, -0.1) is 0 Å². The van der Waals surface area contributed by atoms with E-state index in [1.54, 1.807) is 64.3 Å². The summed E-state index contributed by atoms with van der Waals surface area (Å²) in [5.41, 5.74) is 1.33. The van der Waals surface area contributed by atoms with Crippen LogP contribution < -0.4 is 14.8 Å². The van der Waals surface area contributed by atoms with E-state index in [1.807, 2.05) is 0 Å². The topological polar surface area (TPSA) is 120 Å². The molecule has 1 heterocycles. The maximum absolute atomic E-state index is 13.4. The fourth-order valence-electron chi connectivity index (χ4n) is 4.07. The van der Waals surface area contributed by atoms with Crippen molar-refractivity contribution in [3.05, 3.63) is 53.1 Å². The molecule has 1 amide bonds. The molecule has 1 aliphatic heterocycles. The molecule has 0 radical (unpaired) electrons. The molecule has 0 saturated heterocycles. The number of methoxy groups -OCH3 is 3. The zero-order valence-corrected chi connectivity index (χ0v) is 22.8. The Morgan fingerprint density at radius 3 is 2.41 bits per heavy atom. The number of nitrogens with zero attached hydrogens (tertiary/aromatic N) is 1. The van der Waals surface area contributed by atoms with Gasteiger partial charge in [0.2, 0.25) is 10.0 Å². The summed E-state index contributed by atoms with van der Waals surface area (Å²) in [6.45, 7) is 5.60. The number of carbonyl (C=O) groups is 2. The van der Waals surface area contributed by atoms with Gasteiger partial charge in [-0.05, 0) is 50.5 Å². The van der Waals surface area contributed by atoms with Crippen LogP contribution >= 0.6 is 0 Å². The molecule has 0 saturated carbocycles. The second-order valence-corrected chi connectivity index (χ2v) is 11.5. The number of amides is 1. The van der Waals surface area contributed by atoms with Gasteiger partial charge < -0.3 is 24.3 Å². The number of alkyl carbamates (subject to hydrolysis) is 1. The first kappa shape index (κ1) is 28.3. The van der Waals surface area contributed by atoms with Gasteiger partial charge in [0.1, 0.15) is 23.1 Å². The van der Waals surface area contributed by atoms with Crippen LogP contribution in [0.5, 0.6) is 11.5 Å². The van der Waals surface area contributed by atoms with E-state index in [0.29, 0.717) is 29.0 Å².